The molecule has 0 saturated carbocycles. The largest absolute Gasteiger partial charge is 0.494 e. The highest BCUT2D eigenvalue weighted by Gasteiger charge is 2.13. The summed E-state index contributed by atoms with van der Waals surface area (Å²) in [7, 11) is 0. The summed E-state index contributed by atoms with van der Waals surface area (Å²) in [5.74, 6) is 0.672. The Morgan fingerprint density at radius 3 is 2.86 bits per heavy atom. The van der Waals surface area contributed by atoms with Crippen molar-refractivity contribution in [3.8, 4) is 5.75 Å². The Balaban J connectivity index is 2.17. The second kappa shape index (κ2) is 5.65. The molecule has 1 heterocycles. The monoisotopic (exact) mass is 278 g/mol. The molecule has 4 nitrogen and oxygen atoms in total. The van der Waals surface area contributed by atoms with Gasteiger partial charge in [0.25, 0.3) is 0 Å². The SMILES string of the molecule is CCOc1cc(N=C=O)c2c(c1)Nc1ccccc1C=C2. The zero-order chi connectivity index (χ0) is 14.7. The number of aliphatic imine (C=N–C) groups is 1. The minimum atomic E-state index is 0.544. The summed E-state index contributed by atoms with van der Waals surface area (Å²) in [5.41, 5.74) is 4.33. The van der Waals surface area contributed by atoms with Crippen molar-refractivity contribution in [2.75, 3.05) is 11.9 Å². The Hall–Kier alpha value is -2.84. The Morgan fingerprint density at radius 1 is 1.19 bits per heavy atom. The zero-order valence-electron chi connectivity index (χ0n) is 11.6. The lowest BCUT2D eigenvalue weighted by Gasteiger charge is -2.13. The first-order valence-corrected chi connectivity index (χ1v) is 6.74. The van der Waals surface area contributed by atoms with Crippen LogP contribution < -0.4 is 10.1 Å². The van der Waals surface area contributed by atoms with E-state index in [0.29, 0.717) is 18.0 Å². The number of nitrogens with one attached hydrogen (secondary N) is 1. The topological polar surface area (TPSA) is 50.7 Å². The summed E-state index contributed by atoms with van der Waals surface area (Å²) in [6.45, 7) is 2.46. The van der Waals surface area contributed by atoms with Crippen LogP contribution in [-0.2, 0) is 4.79 Å². The molecule has 104 valence electrons. The fraction of sp³-hybridized carbons (Fsp3) is 0.118. The molecule has 1 N–H and O–H groups in total. The third-order valence-electron chi connectivity index (χ3n) is 3.27. The van der Waals surface area contributed by atoms with Crippen LogP contribution >= 0.6 is 0 Å². The third-order valence-corrected chi connectivity index (χ3v) is 3.27. The second-order valence-electron chi connectivity index (χ2n) is 4.59. The van der Waals surface area contributed by atoms with E-state index < -0.39 is 0 Å². The lowest BCUT2D eigenvalue weighted by atomic mass is 10.1. The van der Waals surface area contributed by atoms with Gasteiger partial charge in [0.1, 0.15) is 5.75 Å². The molecule has 0 radical (unpaired) electrons. The molecule has 3 rings (SSSR count). The van der Waals surface area contributed by atoms with E-state index in [2.05, 4.69) is 10.3 Å². The van der Waals surface area contributed by atoms with Gasteiger partial charge in [0.2, 0.25) is 6.08 Å². The van der Waals surface area contributed by atoms with E-state index in [-0.39, 0.29) is 0 Å². The van der Waals surface area contributed by atoms with Crippen molar-refractivity contribution in [1.82, 2.24) is 0 Å². The number of ether oxygens (including phenoxy) is 1. The molecule has 0 spiro atoms. The second-order valence-corrected chi connectivity index (χ2v) is 4.59. The molecule has 0 atom stereocenters. The van der Waals surface area contributed by atoms with Gasteiger partial charge in [-0.15, -0.1) is 0 Å². The summed E-state index contributed by atoms with van der Waals surface area (Å²) in [4.78, 5) is 14.4. The number of hydrogen-bond acceptors (Lipinski definition) is 4. The predicted octanol–water partition coefficient (Wildman–Crippen LogP) is 4.28. The highest BCUT2D eigenvalue weighted by Crippen LogP contribution is 2.38. The summed E-state index contributed by atoms with van der Waals surface area (Å²) in [5, 5.41) is 3.37. The summed E-state index contributed by atoms with van der Waals surface area (Å²) >= 11 is 0. The van der Waals surface area contributed by atoms with Crippen LogP contribution in [0.5, 0.6) is 5.75 Å². The van der Waals surface area contributed by atoms with Crippen LogP contribution in [0.4, 0.5) is 17.1 Å². The lowest BCUT2D eigenvalue weighted by Crippen LogP contribution is -1.96. The van der Waals surface area contributed by atoms with Gasteiger partial charge >= 0.3 is 0 Å². The van der Waals surface area contributed by atoms with Crippen LogP contribution in [0.25, 0.3) is 12.2 Å². The normalized spacial score (nSPS) is 11.5. The zero-order valence-corrected chi connectivity index (χ0v) is 11.6. The molecule has 1 aliphatic rings. The molecular formula is C17H14N2O2. The highest BCUT2D eigenvalue weighted by molar-refractivity contribution is 5.92. The number of isocyanates is 1. The maximum atomic E-state index is 10.7. The molecule has 0 saturated heterocycles. The number of carbonyl (C=O) groups excluding carboxylic acids is 1. The van der Waals surface area contributed by atoms with Crippen molar-refractivity contribution >= 4 is 35.3 Å². The number of hydrogen-bond donors (Lipinski definition) is 1. The molecule has 2 aromatic rings. The van der Waals surface area contributed by atoms with E-state index in [4.69, 9.17) is 4.74 Å². The number of fused-ring (bicyclic) bond motifs is 2. The summed E-state index contributed by atoms with van der Waals surface area (Å²) in [6, 6.07) is 11.6. The van der Waals surface area contributed by atoms with E-state index in [0.717, 1.165) is 22.5 Å². The summed E-state index contributed by atoms with van der Waals surface area (Å²) in [6.07, 6.45) is 5.55. The first-order chi connectivity index (χ1) is 10.3. The average Bonchev–Trinajstić information content (AvgIpc) is 2.67. The molecule has 0 aromatic heterocycles. The van der Waals surface area contributed by atoms with E-state index in [1.807, 2.05) is 49.4 Å². The number of rotatable bonds is 3. The molecule has 0 fully saturated rings. The van der Waals surface area contributed by atoms with Gasteiger partial charge in [-0.1, -0.05) is 30.4 Å². The van der Waals surface area contributed by atoms with Gasteiger partial charge in [-0.3, -0.25) is 0 Å². The van der Waals surface area contributed by atoms with Crippen molar-refractivity contribution in [3.63, 3.8) is 0 Å². The smallest absolute Gasteiger partial charge is 0.240 e. The predicted molar refractivity (Wildman–Crippen MR) is 84.0 cm³/mol. The molecule has 4 heteroatoms. The van der Waals surface area contributed by atoms with Gasteiger partial charge in [0.15, 0.2) is 0 Å². The molecule has 2 aromatic carbocycles. The highest BCUT2D eigenvalue weighted by atomic mass is 16.5. The van der Waals surface area contributed by atoms with E-state index in [9.17, 15) is 4.79 Å². The van der Waals surface area contributed by atoms with Crippen LogP contribution in [-0.4, -0.2) is 12.7 Å². The number of anilines is 2. The van der Waals surface area contributed by atoms with Gasteiger partial charge in [0, 0.05) is 23.4 Å². The Morgan fingerprint density at radius 2 is 2.05 bits per heavy atom. The van der Waals surface area contributed by atoms with Crippen LogP contribution in [0, 0.1) is 0 Å². The van der Waals surface area contributed by atoms with Crippen molar-refractivity contribution in [1.29, 1.82) is 0 Å². The Kier molecular flexibility index (Phi) is 3.54. The number of nitrogens with zero attached hydrogens (tertiary/aromatic N) is 1. The van der Waals surface area contributed by atoms with Crippen LogP contribution in [0.1, 0.15) is 18.1 Å². The fourth-order valence-electron chi connectivity index (χ4n) is 2.36. The van der Waals surface area contributed by atoms with Crippen molar-refractivity contribution in [3.05, 3.63) is 47.5 Å². The molecular weight excluding hydrogens is 264 g/mol. The van der Waals surface area contributed by atoms with Crippen molar-refractivity contribution in [2.24, 2.45) is 4.99 Å². The molecule has 0 aliphatic carbocycles. The molecule has 1 aliphatic heterocycles. The maximum Gasteiger partial charge on any atom is 0.240 e. The minimum absolute atomic E-state index is 0.544. The van der Waals surface area contributed by atoms with E-state index >= 15 is 0 Å². The molecule has 0 unspecified atom stereocenters. The quantitative estimate of drug-likeness (QED) is 0.574. The molecule has 0 bridgehead atoms. The third kappa shape index (κ3) is 2.57. The number of benzene rings is 2. The Labute approximate surface area is 122 Å². The van der Waals surface area contributed by atoms with Gasteiger partial charge < -0.3 is 10.1 Å². The van der Waals surface area contributed by atoms with Gasteiger partial charge in [-0.2, -0.15) is 4.99 Å². The Bertz CT molecular complexity index is 759. The first kappa shape index (κ1) is 13.2. The van der Waals surface area contributed by atoms with Gasteiger partial charge in [0.05, 0.1) is 18.0 Å². The van der Waals surface area contributed by atoms with Crippen LogP contribution in [0.2, 0.25) is 0 Å². The van der Waals surface area contributed by atoms with Crippen molar-refractivity contribution < 1.29 is 9.53 Å². The van der Waals surface area contributed by atoms with Crippen molar-refractivity contribution in [2.45, 2.75) is 6.92 Å². The summed E-state index contributed by atoms with van der Waals surface area (Å²) < 4.78 is 5.53. The van der Waals surface area contributed by atoms with E-state index in [1.54, 1.807) is 12.1 Å². The van der Waals surface area contributed by atoms with Gasteiger partial charge in [-0.05, 0) is 18.6 Å². The van der Waals surface area contributed by atoms with Gasteiger partial charge in [-0.25, -0.2) is 4.79 Å². The molecule has 21 heavy (non-hydrogen) atoms. The van der Waals surface area contributed by atoms with Crippen LogP contribution in [0.15, 0.2) is 41.4 Å². The lowest BCUT2D eigenvalue weighted by molar-refractivity contribution is 0.340. The minimum Gasteiger partial charge on any atom is -0.494 e. The fourth-order valence-corrected chi connectivity index (χ4v) is 2.36. The molecule has 0 amide bonds. The average molecular weight is 278 g/mol. The number of para-hydroxylation sites is 1. The maximum absolute atomic E-state index is 10.7. The van der Waals surface area contributed by atoms with Crippen LogP contribution in [0.3, 0.4) is 0 Å². The van der Waals surface area contributed by atoms with E-state index in [1.165, 1.54) is 0 Å². The first-order valence-electron chi connectivity index (χ1n) is 6.74. The standard InChI is InChI=1S/C17H14N2O2/c1-2-21-13-9-16(18-11-20)14-8-7-12-5-3-4-6-15(12)19-17(14)10-13/h3-10,19H,2H2,1H3.